The van der Waals surface area contributed by atoms with E-state index in [-0.39, 0.29) is 5.91 Å². The number of carbonyl (C=O) groups is 1. The Kier molecular flexibility index (Phi) is 5.65. The van der Waals surface area contributed by atoms with Gasteiger partial charge in [-0.05, 0) is 60.7 Å². The quantitative estimate of drug-likeness (QED) is 0.421. The van der Waals surface area contributed by atoms with E-state index in [1.807, 2.05) is 47.0 Å². The predicted octanol–water partition coefficient (Wildman–Crippen LogP) is 5.28. The van der Waals surface area contributed by atoms with E-state index in [0.29, 0.717) is 16.9 Å². The molecule has 3 nitrogen and oxygen atoms in total. The van der Waals surface area contributed by atoms with Crippen molar-refractivity contribution < 1.29 is 4.79 Å². The van der Waals surface area contributed by atoms with Crippen LogP contribution in [-0.4, -0.2) is 10.5 Å². The molecule has 148 valence electrons. The molecule has 30 heavy (non-hydrogen) atoms. The van der Waals surface area contributed by atoms with Gasteiger partial charge in [-0.15, -0.1) is 6.42 Å². The van der Waals surface area contributed by atoms with Gasteiger partial charge in [-0.25, -0.2) is 0 Å². The Bertz CT molecular complexity index is 1320. The van der Waals surface area contributed by atoms with E-state index in [9.17, 15) is 4.79 Å². The number of terminal acetylenes is 1. The van der Waals surface area contributed by atoms with Crippen molar-refractivity contribution in [3.8, 4) is 12.3 Å². The number of carbonyl (C=O) groups excluding carboxylic acids is 1. The van der Waals surface area contributed by atoms with E-state index < -0.39 is 0 Å². The van der Waals surface area contributed by atoms with Crippen LogP contribution in [0.25, 0.3) is 10.2 Å². The Hall–Kier alpha value is -3.42. The van der Waals surface area contributed by atoms with Gasteiger partial charge in [0.25, 0.3) is 5.91 Å². The van der Waals surface area contributed by atoms with Crippen molar-refractivity contribution in [3.63, 3.8) is 0 Å². The number of aromatic nitrogens is 1. The molecule has 3 aromatic carbocycles. The van der Waals surface area contributed by atoms with Crippen molar-refractivity contribution in [2.24, 2.45) is 4.99 Å². The first-order chi connectivity index (χ1) is 14.5. The summed E-state index contributed by atoms with van der Waals surface area (Å²) < 4.78 is 3.05. The number of rotatable bonds is 4. The van der Waals surface area contributed by atoms with E-state index in [0.717, 1.165) is 27.8 Å². The molecule has 4 rings (SSSR count). The SMILES string of the molecule is C#CCn1c(=NC(=O)c2ccc(Cc3ccccc3)cc2)sc2cc(C)cc(C)c21. The first-order valence-electron chi connectivity index (χ1n) is 9.81. The van der Waals surface area contributed by atoms with Crippen LogP contribution >= 0.6 is 11.3 Å². The third-order valence-corrected chi connectivity index (χ3v) is 6.04. The number of hydrogen-bond acceptors (Lipinski definition) is 2. The third-order valence-electron chi connectivity index (χ3n) is 5.01. The maximum atomic E-state index is 12.8. The molecule has 4 aromatic rings. The summed E-state index contributed by atoms with van der Waals surface area (Å²) in [6.45, 7) is 4.51. The number of benzene rings is 3. The minimum absolute atomic E-state index is 0.257. The van der Waals surface area contributed by atoms with Gasteiger partial charge >= 0.3 is 0 Å². The topological polar surface area (TPSA) is 34.4 Å². The number of hydrogen-bond donors (Lipinski definition) is 0. The summed E-state index contributed by atoms with van der Waals surface area (Å²) in [6, 6.07) is 22.2. The van der Waals surface area contributed by atoms with Gasteiger partial charge in [-0.1, -0.05) is 65.8 Å². The van der Waals surface area contributed by atoms with Crippen LogP contribution in [0.2, 0.25) is 0 Å². The van der Waals surface area contributed by atoms with Crippen molar-refractivity contribution in [3.05, 3.63) is 99.3 Å². The van der Waals surface area contributed by atoms with Crippen molar-refractivity contribution in [2.75, 3.05) is 0 Å². The number of aryl methyl sites for hydroxylation is 2. The zero-order chi connectivity index (χ0) is 21.1. The lowest BCUT2D eigenvalue weighted by Gasteiger charge is -2.04. The maximum Gasteiger partial charge on any atom is 0.279 e. The van der Waals surface area contributed by atoms with Gasteiger partial charge in [0.15, 0.2) is 4.80 Å². The standard InChI is InChI=1S/C26H22N2OS/c1-4-14-28-24-19(3)15-18(2)16-23(24)30-26(28)27-25(29)22-12-10-21(11-13-22)17-20-8-6-5-7-9-20/h1,5-13,15-16H,14,17H2,2-3H3. The molecule has 0 radical (unpaired) electrons. The van der Waals surface area contributed by atoms with Crippen LogP contribution in [-0.2, 0) is 13.0 Å². The van der Waals surface area contributed by atoms with E-state index >= 15 is 0 Å². The minimum Gasteiger partial charge on any atom is -0.304 e. The van der Waals surface area contributed by atoms with Gasteiger partial charge < -0.3 is 4.57 Å². The van der Waals surface area contributed by atoms with Crippen LogP contribution in [0.3, 0.4) is 0 Å². The monoisotopic (exact) mass is 410 g/mol. The zero-order valence-electron chi connectivity index (χ0n) is 17.1. The maximum absolute atomic E-state index is 12.8. The molecule has 0 saturated carbocycles. The largest absolute Gasteiger partial charge is 0.304 e. The number of amides is 1. The number of nitrogens with zero attached hydrogens (tertiary/aromatic N) is 2. The lowest BCUT2D eigenvalue weighted by Crippen LogP contribution is -2.17. The molecule has 4 heteroatoms. The zero-order valence-corrected chi connectivity index (χ0v) is 17.9. The molecular weight excluding hydrogens is 388 g/mol. The van der Waals surface area contributed by atoms with Crippen LogP contribution in [0.4, 0.5) is 0 Å². The van der Waals surface area contributed by atoms with Crippen LogP contribution in [0.5, 0.6) is 0 Å². The number of thiazole rings is 1. The summed E-state index contributed by atoms with van der Waals surface area (Å²) >= 11 is 1.50. The van der Waals surface area contributed by atoms with Crippen LogP contribution in [0, 0.1) is 26.2 Å². The molecule has 0 spiro atoms. The summed E-state index contributed by atoms with van der Waals surface area (Å²) in [5, 5.41) is 0. The average molecular weight is 411 g/mol. The third kappa shape index (κ3) is 4.12. The molecule has 0 aliphatic rings. The second kappa shape index (κ2) is 8.52. The first-order valence-corrected chi connectivity index (χ1v) is 10.6. The minimum atomic E-state index is -0.257. The average Bonchev–Trinajstić information content (AvgIpc) is 3.06. The fourth-order valence-corrected chi connectivity index (χ4v) is 4.87. The van der Waals surface area contributed by atoms with Gasteiger partial charge in [0.1, 0.15) is 0 Å². The van der Waals surface area contributed by atoms with E-state index in [1.165, 1.54) is 22.5 Å². The van der Waals surface area contributed by atoms with Crippen molar-refractivity contribution in [2.45, 2.75) is 26.8 Å². The molecule has 1 aromatic heterocycles. The molecule has 0 unspecified atom stereocenters. The van der Waals surface area contributed by atoms with Crippen molar-refractivity contribution >= 4 is 27.5 Å². The normalized spacial score (nSPS) is 11.6. The lowest BCUT2D eigenvalue weighted by atomic mass is 10.0. The molecule has 1 amide bonds. The van der Waals surface area contributed by atoms with E-state index in [2.05, 4.69) is 49.0 Å². The van der Waals surface area contributed by atoms with Gasteiger partial charge in [0.2, 0.25) is 0 Å². The summed E-state index contributed by atoms with van der Waals surface area (Å²) in [7, 11) is 0. The molecular formula is C26H22N2OS. The Morgan fingerprint density at radius 2 is 1.73 bits per heavy atom. The molecule has 0 atom stereocenters. The summed E-state index contributed by atoms with van der Waals surface area (Å²) in [4.78, 5) is 17.9. The Balaban J connectivity index is 1.67. The fourth-order valence-electron chi connectivity index (χ4n) is 3.66. The highest BCUT2D eigenvalue weighted by Gasteiger charge is 2.11. The fraction of sp³-hybridized carbons (Fsp3) is 0.154. The van der Waals surface area contributed by atoms with Crippen LogP contribution in [0.1, 0.15) is 32.6 Å². The molecule has 0 bridgehead atoms. The smallest absolute Gasteiger partial charge is 0.279 e. The molecule has 0 fully saturated rings. The second-order valence-corrected chi connectivity index (χ2v) is 8.39. The molecule has 0 saturated heterocycles. The lowest BCUT2D eigenvalue weighted by molar-refractivity contribution is 0.0998. The van der Waals surface area contributed by atoms with Crippen LogP contribution in [0.15, 0.2) is 71.7 Å². The van der Waals surface area contributed by atoms with Gasteiger partial charge in [-0.3, -0.25) is 4.79 Å². The second-order valence-electron chi connectivity index (χ2n) is 7.38. The summed E-state index contributed by atoms with van der Waals surface area (Å²) in [5.41, 5.74) is 6.34. The molecule has 0 aliphatic heterocycles. The van der Waals surface area contributed by atoms with Gasteiger partial charge in [0.05, 0.1) is 16.8 Å². The molecule has 1 heterocycles. The molecule has 0 N–H and O–H groups in total. The van der Waals surface area contributed by atoms with Gasteiger partial charge in [-0.2, -0.15) is 4.99 Å². The molecule has 0 aliphatic carbocycles. The summed E-state index contributed by atoms with van der Waals surface area (Å²) in [5.74, 6) is 2.43. The first kappa shape index (κ1) is 19.9. The highest BCUT2D eigenvalue weighted by molar-refractivity contribution is 7.16. The van der Waals surface area contributed by atoms with E-state index in [1.54, 1.807) is 0 Å². The van der Waals surface area contributed by atoms with Crippen LogP contribution < -0.4 is 4.80 Å². The highest BCUT2D eigenvalue weighted by Crippen LogP contribution is 2.23. The summed E-state index contributed by atoms with van der Waals surface area (Å²) in [6.07, 6.45) is 6.43. The van der Waals surface area contributed by atoms with Crippen molar-refractivity contribution in [1.29, 1.82) is 0 Å². The number of fused-ring (bicyclic) bond motifs is 1. The Labute approximate surface area is 180 Å². The van der Waals surface area contributed by atoms with Gasteiger partial charge in [0, 0.05) is 5.56 Å². The Morgan fingerprint density at radius 3 is 2.43 bits per heavy atom. The van der Waals surface area contributed by atoms with Crippen molar-refractivity contribution in [1.82, 2.24) is 4.57 Å². The Morgan fingerprint density at radius 1 is 1.03 bits per heavy atom. The highest BCUT2D eigenvalue weighted by atomic mass is 32.1. The van der Waals surface area contributed by atoms with E-state index in [4.69, 9.17) is 6.42 Å². The predicted molar refractivity (Wildman–Crippen MR) is 124 cm³/mol.